The highest BCUT2D eigenvalue weighted by Gasteiger charge is 2.31. The van der Waals surface area contributed by atoms with Gasteiger partial charge in [0, 0.05) is 21.6 Å². The van der Waals surface area contributed by atoms with Gasteiger partial charge in [0.05, 0.1) is 12.0 Å². The first-order chi connectivity index (χ1) is 15.7. The van der Waals surface area contributed by atoms with E-state index in [9.17, 15) is 23.1 Å². The molecule has 0 bridgehead atoms. The molecule has 9 heteroatoms. The maximum atomic E-state index is 12.8. The summed E-state index contributed by atoms with van der Waals surface area (Å²) < 4.78 is 44.3. The summed E-state index contributed by atoms with van der Waals surface area (Å²) >= 11 is 4.34. The third-order valence-corrected chi connectivity index (χ3v) is 5.06. The van der Waals surface area contributed by atoms with Crippen LogP contribution in [0.15, 0.2) is 82.1 Å². The fourth-order valence-electron chi connectivity index (χ4n) is 3.19. The number of rotatable bonds is 5. The number of phenols is 1. The molecule has 3 aromatic carbocycles. The second-order valence-corrected chi connectivity index (χ2v) is 7.70. The monoisotopic (exact) mass is 470 g/mol. The van der Waals surface area contributed by atoms with Gasteiger partial charge in [-0.05, 0) is 36.4 Å². The third kappa shape index (κ3) is 5.20. The largest absolute Gasteiger partial charge is 0.508 e. The minimum Gasteiger partial charge on any atom is -0.508 e. The molecule has 1 heterocycles. The fraction of sp³-hybridized carbons (Fsp3) is 0.0833. The Kier molecular flexibility index (Phi) is 6.15. The van der Waals surface area contributed by atoms with Gasteiger partial charge < -0.3 is 9.52 Å². The molecule has 0 radical (unpaired) electrons. The smallest absolute Gasteiger partial charge is 0.416 e. The summed E-state index contributed by atoms with van der Waals surface area (Å²) in [6.45, 7) is 0. The van der Waals surface area contributed by atoms with E-state index in [1.165, 1.54) is 0 Å². The van der Waals surface area contributed by atoms with Gasteiger partial charge in [0.2, 0.25) is 17.7 Å². The molecule has 0 atom stereocenters. The molecule has 0 aliphatic rings. The van der Waals surface area contributed by atoms with Crippen molar-refractivity contribution in [2.75, 3.05) is 5.32 Å². The average Bonchev–Trinajstić information content (AvgIpc) is 3.19. The van der Waals surface area contributed by atoms with Crippen LogP contribution in [0.1, 0.15) is 11.1 Å². The summed E-state index contributed by atoms with van der Waals surface area (Å²) in [5.74, 6) is -0.860. The Morgan fingerprint density at radius 2 is 1.73 bits per heavy atom. The first-order valence-electron chi connectivity index (χ1n) is 9.75. The number of carbonyl (C=O) groups excluding carboxylic acids is 1. The van der Waals surface area contributed by atoms with E-state index in [1.807, 2.05) is 18.2 Å². The van der Waals surface area contributed by atoms with Crippen molar-refractivity contribution in [3.63, 3.8) is 0 Å². The molecule has 0 fully saturated rings. The van der Waals surface area contributed by atoms with Crippen LogP contribution in [-0.2, 0) is 17.4 Å². The summed E-state index contributed by atoms with van der Waals surface area (Å²) in [7, 11) is 0. The van der Waals surface area contributed by atoms with Crippen molar-refractivity contribution >= 4 is 24.4 Å². The van der Waals surface area contributed by atoms with Crippen molar-refractivity contribution in [2.24, 2.45) is 0 Å². The molecule has 0 unspecified atom stereocenters. The Labute approximate surface area is 192 Å². The van der Waals surface area contributed by atoms with Crippen LogP contribution in [-0.4, -0.2) is 16.0 Å². The SMILES string of the molecule is O=C(Cc1ccc(C(F)(F)F)cc1O)Nc1oc(-c2ccccc2)nc1-c1cccc(S)c1. The summed E-state index contributed by atoms with van der Waals surface area (Å²) in [4.78, 5) is 17.9. The summed E-state index contributed by atoms with van der Waals surface area (Å²) in [5, 5.41) is 12.6. The lowest BCUT2D eigenvalue weighted by Crippen LogP contribution is -2.15. The topological polar surface area (TPSA) is 75.4 Å². The molecule has 0 saturated carbocycles. The molecule has 4 rings (SSSR count). The van der Waals surface area contributed by atoms with Crippen molar-refractivity contribution < 1.29 is 27.5 Å². The minimum absolute atomic E-state index is 0.0437. The Bertz CT molecular complexity index is 1300. The molecule has 0 aliphatic carbocycles. The molecule has 168 valence electrons. The van der Waals surface area contributed by atoms with E-state index < -0.39 is 23.4 Å². The zero-order valence-corrected chi connectivity index (χ0v) is 17.8. The number of hydrogen-bond donors (Lipinski definition) is 3. The number of amides is 1. The lowest BCUT2D eigenvalue weighted by atomic mass is 10.1. The number of hydrogen-bond acceptors (Lipinski definition) is 5. The number of thiol groups is 1. The highest BCUT2D eigenvalue weighted by molar-refractivity contribution is 7.80. The van der Waals surface area contributed by atoms with Gasteiger partial charge in [-0.3, -0.25) is 10.1 Å². The number of carbonyl (C=O) groups is 1. The van der Waals surface area contributed by atoms with Crippen LogP contribution in [0.25, 0.3) is 22.7 Å². The van der Waals surface area contributed by atoms with E-state index in [4.69, 9.17) is 4.42 Å². The molecule has 33 heavy (non-hydrogen) atoms. The van der Waals surface area contributed by atoms with Crippen molar-refractivity contribution in [2.45, 2.75) is 17.5 Å². The number of nitrogens with zero attached hydrogens (tertiary/aromatic N) is 1. The van der Waals surface area contributed by atoms with Gasteiger partial charge in [0.15, 0.2) is 0 Å². The molecule has 0 aliphatic heterocycles. The number of alkyl halides is 3. The van der Waals surface area contributed by atoms with Crippen LogP contribution < -0.4 is 5.32 Å². The highest BCUT2D eigenvalue weighted by Crippen LogP contribution is 2.35. The number of oxazole rings is 1. The maximum absolute atomic E-state index is 12.8. The Morgan fingerprint density at radius 3 is 2.39 bits per heavy atom. The Balaban J connectivity index is 1.63. The summed E-state index contributed by atoms with van der Waals surface area (Å²) in [6.07, 6.45) is -4.96. The molecule has 1 amide bonds. The van der Waals surface area contributed by atoms with Crippen LogP contribution in [0.4, 0.5) is 19.1 Å². The van der Waals surface area contributed by atoms with E-state index in [0.29, 0.717) is 27.8 Å². The number of anilines is 1. The number of aromatic nitrogens is 1. The Morgan fingerprint density at radius 1 is 1.00 bits per heavy atom. The van der Waals surface area contributed by atoms with Crippen LogP contribution in [0.5, 0.6) is 5.75 Å². The number of aromatic hydroxyl groups is 1. The maximum Gasteiger partial charge on any atom is 0.416 e. The van der Waals surface area contributed by atoms with Crippen molar-refractivity contribution in [3.05, 3.63) is 83.9 Å². The van der Waals surface area contributed by atoms with Gasteiger partial charge >= 0.3 is 6.18 Å². The second-order valence-electron chi connectivity index (χ2n) is 7.18. The quantitative estimate of drug-likeness (QED) is 0.304. The van der Waals surface area contributed by atoms with Crippen LogP contribution >= 0.6 is 12.6 Å². The molecule has 2 N–H and O–H groups in total. The lowest BCUT2D eigenvalue weighted by molar-refractivity contribution is -0.137. The normalized spacial score (nSPS) is 11.4. The van der Waals surface area contributed by atoms with Gasteiger partial charge in [-0.15, -0.1) is 12.6 Å². The predicted molar refractivity (Wildman–Crippen MR) is 120 cm³/mol. The first-order valence-corrected chi connectivity index (χ1v) is 10.2. The van der Waals surface area contributed by atoms with Crippen LogP contribution in [0.2, 0.25) is 0 Å². The summed E-state index contributed by atoms with van der Waals surface area (Å²) in [5.41, 5.74) is 0.764. The number of benzene rings is 3. The van der Waals surface area contributed by atoms with Crippen molar-refractivity contribution in [1.29, 1.82) is 0 Å². The zero-order chi connectivity index (χ0) is 23.6. The van der Waals surface area contributed by atoms with E-state index in [-0.39, 0.29) is 23.8 Å². The minimum atomic E-state index is -4.59. The van der Waals surface area contributed by atoms with Gasteiger partial charge in [-0.25, -0.2) is 4.98 Å². The van der Waals surface area contributed by atoms with Crippen LogP contribution in [0.3, 0.4) is 0 Å². The molecule has 1 aromatic heterocycles. The number of nitrogens with one attached hydrogen (secondary N) is 1. The highest BCUT2D eigenvalue weighted by atomic mass is 32.1. The first kappa shape index (κ1) is 22.5. The van der Waals surface area contributed by atoms with Gasteiger partial charge in [-0.2, -0.15) is 13.2 Å². The molecular formula is C24H17F3N2O3S. The lowest BCUT2D eigenvalue weighted by Gasteiger charge is -2.10. The van der Waals surface area contributed by atoms with E-state index in [0.717, 1.165) is 12.1 Å². The van der Waals surface area contributed by atoms with Gasteiger partial charge in [0.1, 0.15) is 11.4 Å². The molecular weight excluding hydrogens is 453 g/mol. The van der Waals surface area contributed by atoms with E-state index in [1.54, 1.807) is 36.4 Å². The third-order valence-electron chi connectivity index (χ3n) is 4.78. The fourth-order valence-corrected chi connectivity index (χ4v) is 3.42. The van der Waals surface area contributed by atoms with Crippen molar-refractivity contribution in [1.82, 2.24) is 4.98 Å². The number of halogens is 3. The molecule has 0 saturated heterocycles. The summed E-state index contributed by atoms with van der Waals surface area (Å²) in [6, 6.07) is 18.7. The molecule has 5 nitrogen and oxygen atoms in total. The van der Waals surface area contributed by atoms with E-state index >= 15 is 0 Å². The average molecular weight is 470 g/mol. The van der Waals surface area contributed by atoms with Crippen LogP contribution in [0, 0.1) is 0 Å². The molecule has 4 aromatic rings. The Hall–Kier alpha value is -3.72. The van der Waals surface area contributed by atoms with Gasteiger partial charge in [-0.1, -0.05) is 36.4 Å². The second kappa shape index (κ2) is 9.03. The molecule has 0 spiro atoms. The van der Waals surface area contributed by atoms with Gasteiger partial charge in [0.25, 0.3) is 0 Å². The zero-order valence-electron chi connectivity index (χ0n) is 16.9. The predicted octanol–water partition coefficient (Wildman–Crippen LogP) is 6.20. The van der Waals surface area contributed by atoms with Crippen molar-refractivity contribution in [3.8, 4) is 28.5 Å². The standard InChI is InChI=1S/C24H17F3N2O3S/c25-24(26,27)17-10-9-15(19(30)13-17)12-20(31)28-23-21(16-7-4-8-18(33)11-16)29-22(32-23)14-5-2-1-3-6-14/h1-11,13,30,33H,12H2,(H,28,31). The van der Waals surface area contributed by atoms with E-state index in [2.05, 4.69) is 22.9 Å². The number of phenolic OH excluding ortho intramolecular Hbond substituents is 1.